The van der Waals surface area contributed by atoms with Crippen molar-refractivity contribution in [2.75, 3.05) is 18.6 Å². The number of nitrogens with one attached hydrogen (secondary N) is 2. The van der Waals surface area contributed by atoms with Crippen molar-refractivity contribution in [1.29, 1.82) is 0 Å². The van der Waals surface area contributed by atoms with Crippen LogP contribution in [0.3, 0.4) is 0 Å². The maximum absolute atomic E-state index is 13.9. The molecule has 0 fully saturated rings. The van der Waals surface area contributed by atoms with Gasteiger partial charge in [-0.25, -0.2) is 13.6 Å². The Morgan fingerprint density at radius 3 is 2.28 bits per heavy atom. The van der Waals surface area contributed by atoms with Crippen molar-refractivity contribution in [3.63, 3.8) is 0 Å². The first-order valence-electron chi connectivity index (χ1n) is 12.9. The fourth-order valence-corrected chi connectivity index (χ4v) is 4.97. The molecule has 2 aliphatic heterocycles. The number of halogens is 4. The number of ether oxygens (including phenoxy) is 3. The Morgan fingerprint density at radius 1 is 0.953 bits per heavy atom. The third-order valence-electron chi connectivity index (χ3n) is 6.95. The molecular formula is C29H23F4N3O7. The number of amides is 4. The van der Waals surface area contributed by atoms with Crippen LogP contribution in [0.5, 0.6) is 17.2 Å². The first kappa shape index (κ1) is 29.4. The average molecular weight is 602 g/mol. The first-order chi connectivity index (χ1) is 20.6. The van der Waals surface area contributed by atoms with Crippen LogP contribution in [-0.4, -0.2) is 49.6 Å². The van der Waals surface area contributed by atoms with Crippen LogP contribution in [0.4, 0.5) is 28.0 Å². The minimum Gasteiger partial charge on any atom is -0.497 e. The van der Waals surface area contributed by atoms with Gasteiger partial charge in [-0.2, -0.15) is 8.78 Å². The van der Waals surface area contributed by atoms with Crippen LogP contribution in [0.2, 0.25) is 0 Å². The second-order valence-corrected chi connectivity index (χ2v) is 9.65. The van der Waals surface area contributed by atoms with E-state index in [2.05, 4.69) is 10.1 Å². The Labute approximate surface area is 241 Å². The maximum Gasteiger partial charge on any atom is 0.413 e. The Hall–Kier alpha value is -5.14. The molecule has 0 aliphatic carbocycles. The summed E-state index contributed by atoms with van der Waals surface area (Å²) in [4.78, 5) is 53.1. The summed E-state index contributed by atoms with van der Waals surface area (Å²) in [6.45, 7) is -1.16. The Balaban J connectivity index is 1.29. The number of carbonyl (C=O) groups is 4. The van der Waals surface area contributed by atoms with Crippen molar-refractivity contribution in [1.82, 2.24) is 10.6 Å². The molecule has 43 heavy (non-hydrogen) atoms. The number of hydrogen-bond acceptors (Lipinski definition) is 7. The number of aryl methyl sites for hydroxylation is 1. The van der Waals surface area contributed by atoms with Gasteiger partial charge in [0.25, 0.3) is 5.91 Å². The molecule has 2 heterocycles. The third kappa shape index (κ3) is 5.94. The lowest BCUT2D eigenvalue weighted by Gasteiger charge is -2.27. The first-order valence-corrected chi connectivity index (χ1v) is 12.9. The summed E-state index contributed by atoms with van der Waals surface area (Å²) in [5, 5.41) is 4.52. The van der Waals surface area contributed by atoms with E-state index in [-0.39, 0.29) is 24.7 Å². The molecule has 224 valence electrons. The van der Waals surface area contributed by atoms with Gasteiger partial charge in [0.2, 0.25) is 23.4 Å². The van der Waals surface area contributed by atoms with E-state index in [9.17, 15) is 36.7 Å². The van der Waals surface area contributed by atoms with Crippen molar-refractivity contribution >= 4 is 29.5 Å². The van der Waals surface area contributed by atoms with Crippen molar-refractivity contribution in [2.45, 2.75) is 31.3 Å². The van der Waals surface area contributed by atoms with E-state index in [1.165, 1.54) is 24.1 Å². The van der Waals surface area contributed by atoms with Crippen LogP contribution < -0.4 is 29.7 Å². The molecule has 2 atom stereocenters. The normalized spacial score (nSPS) is 17.0. The molecule has 2 aliphatic rings. The van der Waals surface area contributed by atoms with Gasteiger partial charge in [0.15, 0.2) is 24.0 Å². The number of carbonyl (C=O) groups excluding carboxylic acids is 4. The lowest BCUT2D eigenvalue weighted by Crippen LogP contribution is -2.55. The van der Waals surface area contributed by atoms with Crippen LogP contribution in [0.25, 0.3) is 0 Å². The third-order valence-corrected chi connectivity index (χ3v) is 6.95. The minimum atomic E-state index is -1.85. The Bertz CT molecular complexity index is 1590. The average Bonchev–Trinajstić information content (AvgIpc) is 3.32. The second-order valence-electron chi connectivity index (χ2n) is 9.65. The molecule has 5 rings (SSSR count). The van der Waals surface area contributed by atoms with E-state index >= 15 is 0 Å². The van der Waals surface area contributed by atoms with Crippen LogP contribution in [0, 0.1) is 23.3 Å². The number of rotatable bonds is 7. The molecule has 3 aromatic rings. The zero-order chi connectivity index (χ0) is 30.8. The van der Waals surface area contributed by atoms with Crippen LogP contribution >= 0.6 is 0 Å². The second kappa shape index (κ2) is 12.0. The van der Waals surface area contributed by atoms with Gasteiger partial charge in [-0.15, -0.1) is 0 Å². The molecule has 14 heteroatoms. The summed E-state index contributed by atoms with van der Waals surface area (Å²) >= 11 is 0. The van der Waals surface area contributed by atoms with Gasteiger partial charge in [-0.1, -0.05) is 18.2 Å². The van der Waals surface area contributed by atoms with E-state index in [1.54, 1.807) is 30.3 Å². The molecule has 4 amide bonds. The number of hydrogen-bond donors (Lipinski definition) is 2. The molecule has 0 radical (unpaired) electrons. The van der Waals surface area contributed by atoms with Gasteiger partial charge in [-0.05, 0) is 48.2 Å². The van der Waals surface area contributed by atoms with E-state index in [1.807, 2.05) is 5.32 Å². The molecule has 0 aromatic heterocycles. The number of methoxy groups -OCH3 is 1. The van der Waals surface area contributed by atoms with Gasteiger partial charge < -0.3 is 19.5 Å². The summed E-state index contributed by atoms with van der Waals surface area (Å²) in [6, 6.07) is 9.08. The number of anilines is 1. The molecule has 0 saturated heterocycles. The largest absolute Gasteiger partial charge is 0.497 e. The molecule has 0 bridgehead atoms. The number of benzene rings is 3. The van der Waals surface area contributed by atoms with Crippen LogP contribution in [-0.2, 0) is 27.2 Å². The summed E-state index contributed by atoms with van der Waals surface area (Å²) in [6.07, 6.45) is -0.320. The van der Waals surface area contributed by atoms with E-state index in [0.29, 0.717) is 23.4 Å². The van der Waals surface area contributed by atoms with Crippen molar-refractivity contribution in [3.8, 4) is 17.2 Å². The zero-order valence-corrected chi connectivity index (χ0v) is 22.4. The topological polar surface area (TPSA) is 123 Å². The van der Waals surface area contributed by atoms with Crippen molar-refractivity contribution < 1.29 is 51.0 Å². The molecule has 2 N–H and O–H groups in total. The van der Waals surface area contributed by atoms with Crippen molar-refractivity contribution in [2.24, 2.45) is 0 Å². The van der Waals surface area contributed by atoms with Gasteiger partial charge in [-0.3, -0.25) is 24.6 Å². The molecule has 0 spiro atoms. The molecule has 3 aromatic carbocycles. The highest BCUT2D eigenvalue weighted by atomic mass is 19.2. The number of para-hydroxylation sites is 1. The van der Waals surface area contributed by atoms with Crippen LogP contribution in [0.15, 0.2) is 48.5 Å². The van der Waals surface area contributed by atoms with Crippen LogP contribution in [0.1, 0.15) is 17.5 Å². The number of nitrogens with zero attached hydrogens (tertiary/aromatic N) is 1. The van der Waals surface area contributed by atoms with Gasteiger partial charge in [0.05, 0.1) is 12.8 Å². The van der Waals surface area contributed by atoms with E-state index < -0.39 is 71.5 Å². The summed E-state index contributed by atoms with van der Waals surface area (Å²) in [5.41, 5.74) is 1.86. The Morgan fingerprint density at radius 2 is 1.60 bits per heavy atom. The SMILES string of the molecule is COc1ccc(OC(=O)N[C@H]2CCc3cccc4c3N(C2=O)[C@H](C(=O)NC(=O)COc2c(F)c(F)cc(F)c2F)C4)cc1. The monoisotopic (exact) mass is 601 g/mol. The Kier molecular flexibility index (Phi) is 8.19. The lowest BCUT2D eigenvalue weighted by molar-refractivity contribution is -0.133. The van der Waals surface area contributed by atoms with Gasteiger partial charge in [0, 0.05) is 12.5 Å². The quantitative estimate of drug-likeness (QED) is 0.315. The van der Waals surface area contributed by atoms with Crippen molar-refractivity contribution in [3.05, 3.63) is 82.9 Å². The van der Waals surface area contributed by atoms with E-state index in [4.69, 9.17) is 9.47 Å². The minimum absolute atomic E-state index is 0.0216. The highest BCUT2D eigenvalue weighted by molar-refractivity contribution is 6.10. The van der Waals surface area contributed by atoms with E-state index in [0.717, 1.165) is 5.56 Å². The summed E-state index contributed by atoms with van der Waals surface area (Å²) < 4.78 is 69.5. The highest BCUT2D eigenvalue weighted by Gasteiger charge is 2.44. The predicted octanol–water partition coefficient (Wildman–Crippen LogP) is 3.33. The van der Waals surface area contributed by atoms with Gasteiger partial charge in [0.1, 0.15) is 23.6 Å². The molecule has 0 saturated carbocycles. The maximum atomic E-state index is 13.9. The summed E-state index contributed by atoms with van der Waals surface area (Å²) in [5.74, 6) is -10.7. The smallest absolute Gasteiger partial charge is 0.413 e. The molecule has 10 nitrogen and oxygen atoms in total. The molecular weight excluding hydrogens is 578 g/mol. The van der Waals surface area contributed by atoms with Gasteiger partial charge >= 0.3 is 6.09 Å². The zero-order valence-electron chi connectivity index (χ0n) is 22.4. The fraction of sp³-hybridized carbons (Fsp3) is 0.241. The predicted molar refractivity (Wildman–Crippen MR) is 141 cm³/mol. The lowest BCUT2D eigenvalue weighted by atomic mass is 10.0. The molecule has 0 unspecified atom stereocenters. The standard InChI is InChI=1S/C29H23F4N3O7/c1-41-16-6-8-17(9-7-16)43-29(40)34-20-10-5-14-3-2-4-15-11-21(36(25(14)15)28(20)39)27(38)35-22(37)13-42-26-23(32)18(30)12-19(31)24(26)33/h2-4,6-9,12,20-21H,5,10-11,13H2,1H3,(H,34,40)(H,35,37,38)/t20-,21-/m0/s1. The highest BCUT2D eigenvalue weighted by Crippen LogP contribution is 2.39. The summed E-state index contributed by atoms with van der Waals surface area (Å²) in [7, 11) is 1.48. The number of imide groups is 1. The fourth-order valence-electron chi connectivity index (χ4n) is 4.97.